The predicted octanol–water partition coefficient (Wildman–Crippen LogP) is 3.67. The van der Waals surface area contributed by atoms with Crippen molar-refractivity contribution in [3.05, 3.63) is 78.4 Å². The van der Waals surface area contributed by atoms with E-state index in [0.717, 1.165) is 11.3 Å². The molecule has 1 aliphatic rings. The third-order valence-electron chi connectivity index (χ3n) is 5.78. The molecule has 12 heteroatoms. The fourth-order valence-electron chi connectivity index (χ4n) is 3.50. The maximum Gasteiger partial charge on any atom is 0.387 e. The van der Waals surface area contributed by atoms with Crippen molar-refractivity contribution in [2.45, 2.75) is 32.4 Å². The van der Waals surface area contributed by atoms with E-state index in [0.29, 0.717) is 18.5 Å². The minimum Gasteiger partial charge on any atom is -0.435 e. The number of aromatic nitrogens is 2. The minimum absolute atomic E-state index is 0.0569. The first-order valence-corrected chi connectivity index (χ1v) is 11.3. The van der Waals surface area contributed by atoms with Crippen LogP contribution in [0.1, 0.15) is 41.7 Å². The number of benzene rings is 2. The number of carbonyl (C=O) groups excluding carboxylic acids is 3. The Balaban J connectivity index is 1.29. The summed E-state index contributed by atoms with van der Waals surface area (Å²) in [4.78, 5) is 49.6. The number of carbonyl (C=O) groups is 3. The van der Waals surface area contributed by atoms with Crippen molar-refractivity contribution in [1.29, 1.82) is 0 Å². The van der Waals surface area contributed by atoms with Gasteiger partial charge < -0.3 is 20.2 Å². The van der Waals surface area contributed by atoms with Gasteiger partial charge in [0.2, 0.25) is 5.91 Å². The van der Waals surface area contributed by atoms with Crippen LogP contribution in [0.5, 0.6) is 5.75 Å². The van der Waals surface area contributed by atoms with Crippen LogP contribution >= 0.6 is 0 Å². The fourth-order valence-corrected chi connectivity index (χ4v) is 3.50. The van der Waals surface area contributed by atoms with E-state index < -0.39 is 35.9 Å². The number of anilines is 2. The quantitative estimate of drug-likeness (QED) is 0.293. The van der Waals surface area contributed by atoms with Crippen LogP contribution < -0.4 is 20.9 Å². The summed E-state index contributed by atoms with van der Waals surface area (Å²) in [5.74, 6) is -1.95. The van der Waals surface area contributed by atoms with Gasteiger partial charge in [0.05, 0.1) is 11.6 Å². The lowest BCUT2D eigenvalue weighted by atomic mass is 10.0. The van der Waals surface area contributed by atoms with Crippen LogP contribution in [0.4, 0.5) is 20.2 Å². The number of hydroxylamine groups is 1. The van der Waals surface area contributed by atoms with Gasteiger partial charge in [0.25, 0.3) is 5.91 Å². The van der Waals surface area contributed by atoms with Crippen molar-refractivity contribution >= 4 is 29.2 Å². The number of hydrogen-bond acceptors (Lipinski definition) is 8. The molecule has 1 heterocycles. The van der Waals surface area contributed by atoms with Gasteiger partial charge in [0.15, 0.2) is 0 Å². The van der Waals surface area contributed by atoms with Gasteiger partial charge in [-0.05, 0) is 61.7 Å². The monoisotopic (exact) mass is 511 g/mol. The van der Waals surface area contributed by atoms with Gasteiger partial charge in [-0.15, -0.1) is 0 Å². The molecule has 2 aromatic carbocycles. The van der Waals surface area contributed by atoms with Gasteiger partial charge >= 0.3 is 12.6 Å². The number of ether oxygens (including phenoxy) is 1. The topological polar surface area (TPSA) is 132 Å². The molecule has 1 fully saturated rings. The van der Waals surface area contributed by atoms with E-state index in [2.05, 4.69) is 30.8 Å². The summed E-state index contributed by atoms with van der Waals surface area (Å²) in [6.07, 6.45) is 4.39. The average Bonchev–Trinajstić information content (AvgIpc) is 3.71. The highest BCUT2D eigenvalue weighted by molar-refractivity contribution is 6.08. The third-order valence-corrected chi connectivity index (χ3v) is 5.78. The van der Waals surface area contributed by atoms with E-state index in [-0.39, 0.29) is 11.3 Å². The summed E-state index contributed by atoms with van der Waals surface area (Å²) in [6, 6.07) is 12.9. The van der Waals surface area contributed by atoms with Crippen molar-refractivity contribution < 1.29 is 32.7 Å². The molecule has 1 atom stereocenters. The highest BCUT2D eigenvalue weighted by Gasteiger charge is 2.57. The summed E-state index contributed by atoms with van der Waals surface area (Å²) in [5, 5.41) is 5.98. The van der Waals surface area contributed by atoms with Gasteiger partial charge in [0, 0.05) is 23.8 Å². The second-order valence-corrected chi connectivity index (χ2v) is 8.38. The van der Waals surface area contributed by atoms with E-state index in [1.807, 2.05) is 12.1 Å². The average molecular weight is 511 g/mol. The van der Waals surface area contributed by atoms with Crippen molar-refractivity contribution in [2.75, 3.05) is 5.32 Å². The summed E-state index contributed by atoms with van der Waals surface area (Å²) >= 11 is 0. The SMILES string of the molecule is CC(NC(=O)C1(C(=O)NOC(=O)c2cncnc2)CC1)c1ccc(Nc2ccc(OC(F)F)cc2)cc1. The normalized spacial score (nSPS) is 14.3. The van der Waals surface area contributed by atoms with Crippen LogP contribution in [0.2, 0.25) is 0 Å². The third kappa shape index (κ3) is 6.34. The van der Waals surface area contributed by atoms with E-state index in [1.165, 1.54) is 30.9 Å². The molecule has 3 aromatic rings. The first-order valence-electron chi connectivity index (χ1n) is 11.3. The van der Waals surface area contributed by atoms with Crippen LogP contribution in [-0.4, -0.2) is 34.4 Å². The highest BCUT2D eigenvalue weighted by atomic mass is 19.3. The number of nitrogens with one attached hydrogen (secondary N) is 3. The van der Waals surface area contributed by atoms with Gasteiger partial charge in [-0.2, -0.15) is 14.3 Å². The number of alkyl halides is 2. The number of hydrogen-bond donors (Lipinski definition) is 3. The zero-order valence-corrected chi connectivity index (χ0v) is 19.6. The van der Waals surface area contributed by atoms with Crippen molar-refractivity contribution in [2.24, 2.45) is 5.41 Å². The molecule has 4 rings (SSSR count). The fraction of sp³-hybridized carbons (Fsp3) is 0.240. The molecule has 1 unspecified atom stereocenters. The van der Waals surface area contributed by atoms with E-state index >= 15 is 0 Å². The largest absolute Gasteiger partial charge is 0.435 e. The first-order chi connectivity index (χ1) is 17.8. The summed E-state index contributed by atoms with van der Waals surface area (Å²) in [6.45, 7) is -1.10. The molecule has 192 valence electrons. The maximum atomic E-state index is 12.9. The molecule has 0 bridgehead atoms. The molecule has 3 N–H and O–H groups in total. The number of nitrogens with zero attached hydrogens (tertiary/aromatic N) is 2. The van der Waals surface area contributed by atoms with E-state index in [9.17, 15) is 23.2 Å². The molecule has 10 nitrogen and oxygen atoms in total. The zero-order chi connectivity index (χ0) is 26.4. The van der Waals surface area contributed by atoms with Gasteiger partial charge in [-0.1, -0.05) is 12.1 Å². The van der Waals surface area contributed by atoms with Gasteiger partial charge in [0.1, 0.15) is 17.5 Å². The van der Waals surface area contributed by atoms with E-state index in [4.69, 9.17) is 4.84 Å². The van der Waals surface area contributed by atoms with Gasteiger partial charge in [-0.25, -0.2) is 14.8 Å². The Morgan fingerprint density at radius 1 is 0.919 bits per heavy atom. The van der Waals surface area contributed by atoms with Crippen molar-refractivity contribution in [3.8, 4) is 5.75 Å². The van der Waals surface area contributed by atoms with Gasteiger partial charge in [-0.3, -0.25) is 9.59 Å². The lowest BCUT2D eigenvalue weighted by Crippen LogP contribution is -2.44. The van der Waals surface area contributed by atoms with Crippen LogP contribution in [0.15, 0.2) is 67.3 Å². The Labute approximate surface area is 210 Å². The Bertz CT molecular complexity index is 1250. The molecule has 0 aliphatic heterocycles. The summed E-state index contributed by atoms with van der Waals surface area (Å²) in [7, 11) is 0. The molecular weight excluding hydrogens is 488 g/mol. The van der Waals surface area contributed by atoms with Crippen LogP contribution in [0.3, 0.4) is 0 Å². The molecule has 0 radical (unpaired) electrons. The molecule has 1 aliphatic carbocycles. The highest BCUT2D eigenvalue weighted by Crippen LogP contribution is 2.46. The van der Waals surface area contributed by atoms with Crippen LogP contribution in [0, 0.1) is 5.41 Å². The number of amides is 2. The Kier molecular flexibility index (Phi) is 7.56. The molecule has 2 amide bonds. The summed E-state index contributed by atoms with van der Waals surface area (Å²) < 4.78 is 28.9. The smallest absolute Gasteiger partial charge is 0.387 e. The Hall–Kier alpha value is -4.61. The second kappa shape index (κ2) is 11.0. The molecule has 0 saturated heterocycles. The lowest BCUT2D eigenvalue weighted by molar-refractivity contribution is -0.143. The van der Waals surface area contributed by atoms with Crippen LogP contribution in [0.25, 0.3) is 0 Å². The Morgan fingerprint density at radius 3 is 2.08 bits per heavy atom. The predicted molar refractivity (Wildman–Crippen MR) is 127 cm³/mol. The second-order valence-electron chi connectivity index (χ2n) is 8.38. The molecule has 1 saturated carbocycles. The standard InChI is InChI=1S/C25H23F2N5O5/c1-15(16-2-4-18(5-3-16)31-19-6-8-20(9-7-19)36-24(26)27)30-22(34)25(10-11-25)23(35)32-37-21(33)17-12-28-14-29-13-17/h2-9,12-15,24,31H,10-11H2,1H3,(H,30,34)(H,32,35). The maximum absolute atomic E-state index is 12.9. The number of rotatable bonds is 9. The number of halogens is 2. The van der Waals surface area contributed by atoms with E-state index in [1.54, 1.807) is 31.2 Å². The molecular formula is C25H23F2N5O5. The zero-order valence-electron chi connectivity index (χ0n) is 19.6. The van der Waals surface area contributed by atoms with Crippen molar-refractivity contribution in [1.82, 2.24) is 20.8 Å². The summed E-state index contributed by atoms with van der Waals surface area (Å²) in [5.41, 5.74) is 3.04. The lowest BCUT2D eigenvalue weighted by Gasteiger charge is -2.19. The Morgan fingerprint density at radius 2 is 1.51 bits per heavy atom. The van der Waals surface area contributed by atoms with Crippen molar-refractivity contribution in [3.63, 3.8) is 0 Å². The first kappa shape index (κ1) is 25.5. The minimum atomic E-state index is -2.88. The molecule has 37 heavy (non-hydrogen) atoms. The molecule has 1 aromatic heterocycles. The molecule has 0 spiro atoms. The van der Waals surface area contributed by atoms with Crippen LogP contribution in [-0.2, 0) is 14.4 Å².